The summed E-state index contributed by atoms with van der Waals surface area (Å²) >= 11 is 0. The van der Waals surface area contributed by atoms with Crippen molar-refractivity contribution in [2.24, 2.45) is 0 Å². The number of carbonyl (C=O) groups excluding carboxylic acids is 1. The maximum absolute atomic E-state index is 13.9. The number of anilines is 1. The molecule has 0 fully saturated rings. The van der Waals surface area contributed by atoms with Gasteiger partial charge in [0.1, 0.15) is 5.82 Å². The Morgan fingerprint density at radius 3 is 2.50 bits per heavy atom. The van der Waals surface area contributed by atoms with Crippen molar-refractivity contribution in [3.05, 3.63) is 52.8 Å². The van der Waals surface area contributed by atoms with Crippen LogP contribution in [0.2, 0.25) is 0 Å². The topological polar surface area (TPSA) is 117 Å². The molecule has 3 aromatic rings. The van der Waals surface area contributed by atoms with Crippen LogP contribution >= 0.6 is 0 Å². The molecule has 1 amide bonds. The molecular formula is C21H22FN3O6S. The second-order valence-corrected chi connectivity index (χ2v) is 9.05. The number of rotatable bonds is 8. The number of amides is 1. The normalized spacial score (nSPS) is 11.4. The highest BCUT2D eigenvalue weighted by atomic mass is 32.2. The Kier molecular flexibility index (Phi) is 6.78. The maximum Gasteiger partial charge on any atom is 0.261 e. The van der Waals surface area contributed by atoms with Crippen LogP contribution in [0.4, 0.5) is 10.1 Å². The van der Waals surface area contributed by atoms with Gasteiger partial charge in [-0.3, -0.25) is 14.2 Å². The van der Waals surface area contributed by atoms with Gasteiger partial charge in [-0.2, -0.15) is 0 Å². The number of halogens is 1. The van der Waals surface area contributed by atoms with Gasteiger partial charge in [-0.05, 0) is 30.7 Å². The number of ether oxygens (including phenoxy) is 2. The largest absolute Gasteiger partial charge is 0.493 e. The molecule has 0 aliphatic carbocycles. The number of sulfone groups is 1. The van der Waals surface area contributed by atoms with Crippen molar-refractivity contribution in [3.8, 4) is 11.5 Å². The molecule has 0 aliphatic rings. The Hall–Kier alpha value is -3.47. The quantitative estimate of drug-likeness (QED) is 0.510. The predicted octanol–water partition coefficient (Wildman–Crippen LogP) is 2.38. The molecule has 1 N–H and O–H groups in total. The van der Waals surface area contributed by atoms with E-state index in [1.54, 1.807) is 12.1 Å². The van der Waals surface area contributed by atoms with Gasteiger partial charge < -0.3 is 14.8 Å². The van der Waals surface area contributed by atoms with E-state index in [-0.39, 0.29) is 35.5 Å². The van der Waals surface area contributed by atoms with Crippen LogP contribution < -0.4 is 20.3 Å². The second-order valence-electron chi connectivity index (χ2n) is 7.03. The highest BCUT2D eigenvalue weighted by Crippen LogP contribution is 2.29. The molecule has 0 unspecified atom stereocenters. The number of benzene rings is 2. The lowest BCUT2D eigenvalue weighted by atomic mass is 10.2. The van der Waals surface area contributed by atoms with Gasteiger partial charge in [0.15, 0.2) is 21.3 Å². The van der Waals surface area contributed by atoms with Gasteiger partial charge in [-0.15, -0.1) is 0 Å². The number of carbonyl (C=O) groups is 1. The van der Waals surface area contributed by atoms with E-state index in [9.17, 15) is 22.4 Å². The van der Waals surface area contributed by atoms with Crippen LogP contribution in [0.3, 0.4) is 0 Å². The number of methoxy groups -OCH3 is 2. The number of fused-ring (bicyclic) bond motifs is 1. The van der Waals surface area contributed by atoms with Gasteiger partial charge in [0.2, 0.25) is 5.91 Å². The van der Waals surface area contributed by atoms with Crippen LogP contribution in [0.5, 0.6) is 11.5 Å². The Morgan fingerprint density at radius 2 is 1.84 bits per heavy atom. The number of hydrogen-bond acceptors (Lipinski definition) is 7. The summed E-state index contributed by atoms with van der Waals surface area (Å²) in [6.07, 6.45) is 2.63. The van der Waals surface area contributed by atoms with E-state index >= 15 is 0 Å². The van der Waals surface area contributed by atoms with E-state index in [1.165, 1.54) is 25.1 Å². The fourth-order valence-electron chi connectivity index (χ4n) is 3.10. The number of hydrogen-bond donors (Lipinski definition) is 1. The summed E-state index contributed by atoms with van der Waals surface area (Å²) < 4.78 is 49.0. The number of nitrogens with one attached hydrogen (secondary N) is 1. The third kappa shape index (κ3) is 5.05. The van der Waals surface area contributed by atoms with Crippen LogP contribution in [0, 0.1) is 5.82 Å². The fourth-order valence-corrected chi connectivity index (χ4v) is 3.75. The van der Waals surface area contributed by atoms with Crippen molar-refractivity contribution >= 4 is 32.3 Å². The summed E-state index contributed by atoms with van der Waals surface area (Å²) in [5.74, 6) is -0.407. The van der Waals surface area contributed by atoms with E-state index in [4.69, 9.17) is 9.47 Å². The first-order valence-corrected chi connectivity index (χ1v) is 11.4. The van der Waals surface area contributed by atoms with Gasteiger partial charge >= 0.3 is 0 Å². The summed E-state index contributed by atoms with van der Waals surface area (Å²) in [5.41, 5.74) is -0.0744. The average molecular weight is 463 g/mol. The first-order chi connectivity index (χ1) is 15.1. The van der Waals surface area contributed by atoms with Crippen molar-refractivity contribution in [1.82, 2.24) is 9.55 Å². The van der Waals surface area contributed by atoms with Crippen molar-refractivity contribution in [2.75, 3.05) is 25.8 Å². The minimum Gasteiger partial charge on any atom is -0.493 e. The third-order valence-electron chi connectivity index (χ3n) is 4.77. The van der Waals surface area contributed by atoms with Crippen LogP contribution in [0.1, 0.15) is 12.8 Å². The molecule has 1 aromatic heterocycles. The van der Waals surface area contributed by atoms with E-state index < -0.39 is 21.6 Å². The molecule has 0 spiro atoms. The van der Waals surface area contributed by atoms with Gasteiger partial charge in [0, 0.05) is 25.3 Å². The smallest absolute Gasteiger partial charge is 0.261 e. The molecular weight excluding hydrogens is 441 g/mol. The van der Waals surface area contributed by atoms with E-state index in [0.29, 0.717) is 22.4 Å². The van der Waals surface area contributed by atoms with Gasteiger partial charge in [-0.1, -0.05) is 0 Å². The molecule has 0 saturated heterocycles. The van der Waals surface area contributed by atoms with Crippen LogP contribution in [0.25, 0.3) is 10.9 Å². The highest BCUT2D eigenvalue weighted by molar-refractivity contribution is 7.90. The standard InChI is InChI=1S/C21H22FN3O6S/c1-30-18-10-14-16(11-19(18)31-2)23-12-25(21(14)27)8-4-5-20(26)24-17-9-13(32(3,28)29)6-7-15(17)22/h6-7,9-12H,4-5,8H2,1-3H3,(H,24,26). The molecule has 32 heavy (non-hydrogen) atoms. The Labute approximate surface area is 183 Å². The molecule has 0 aliphatic heterocycles. The van der Waals surface area contributed by atoms with Gasteiger partial charge in [0.25, 0.3) is 5.56 Å². The summed E-state index contributed by atoms with van der Waals surface area (Å²) in [4.78, 5) is 29.1. The highest BCUT2D eigenvalue weighted by Gasteiger charge is 2.14. The van der Waals surface area contributed by atoms with Crippen LogP contribution in [-0.2, 0) is 21.2 Å². The molecule has 9 nitrogen and oxygen atoms in total. The van der Waals surface area contributed by atoms with Crippen LogP contribution in [0.15, 0.2) is 46.3 Å². The Balaban J connectivity index is 1.69. The maximum atomic E-state index is 13.9. The molecule has 3 rings (SSSR count). The number of nitrogens with zero attached hydrogens (tertiary/aromatic N) is 2. The number of aryl methyl sites for hydroxylation is 1. The third-order valence-corrected chi connectivity index (χ3v) is 5.88. The summed E-state index contributed by atoms with van der Waals surface area (Å²) in [6.45, 7) is 0.204. The molecule has 1 heterocycles. The molecule has 2 aromatic carbocycles. The summed E-state index contributed by atoms with van der Waals surface area (Å²) in [5, 5.41) is 2.71. The molecule has 0 radical (unpaired) electrons. The zero-order chi connectivity index (χ0) is 23.5. The summed E-state index contributed by atoms with van der Waals surface area (Å²) in [6, 6.07) is 6.33. The molecule has 0 saturated carbocycles. The van der Waals surface area contributed by atoms with Crippen molar-refractivity contribution in [3.63, 3.8) is 0 Å². The first kappa shape index (κ1) is 23.2. The molecule has 170 valence electrons. The zero-order valence-corrected chi connectivity index (χ0v) is 18.5. The van der Waals surface area contributed by atoms with E-state index in [1.807, 2.05) is 0 Å². The zero-order valence-electron chi connectivity index (χ0n) is 17.7. The van der Waals surface area contributed by atoms with Crippen molar-refractivity contribution in [1.29, 1.82) is 0 Å². The summed E-state index contributed by atoms with van der Waals surface area (Å²) in [7, 11) is -0.594. The molecule has 0 bridgehead atoms. The first-order valence-electron chi connectivity index (χ1n) is 9.54. The van der Waals surface area contributed by atoms with Gasteiger partial charge in [-0.25, -0.2) is 17.8 Å². The van der Waals surface area contributed by atoms with Crippen molar-refractivity contribution in [2.45, 2.75) is 24.3 Å². The Morgan fingerprint density at radius 1 is 1.16 bits per heavy atom. The fraction of sp³-hybridized carbons (Fsp3) is 0.286. The average Bonchev–Trinajstić information content (AvgIpc) is 2.75. The Bertz CT molecular complexity index is 1340. The van der Waals surface area contributed by atoms with E-state index in [2.05, 4.69) is 10.3 Å². The lowest BCUT2D eigenvalue weighted by Crippen LogP contribution is -2.22. The lowest BCUT2D eigenvalue weighted by Gasteiger charge is -2.11. The molecule has 0 atom stereocenters. The van der Waals surface area contributed by atoms with Crippen LogP contribution in [-0.4, -0.2) is 44.4 Å². The minimum atomic E-state index is -3.54. The SMILES string of the molecule is COc1cc2ncn(CCCC(=O)Nc3cc(S(C)(=O)=O)ccc3F)c(=O)c2cc1OC. The predicted molar refractivity (Wildman–Crippen MR) is 116 cm³/mol. The van der Waals surface area contributed by atoms with Gasteiger partial charge in [0.05, 0.1) is 42.0 Å². The number of aromatic nitrogens is 2. The van der Waals surface area contributed by atoms with E-state index in [0.717, 1.165) is 24.5 Å². The van der Waals surface area contributed by atoms with Crippen molar-refractivity contribution < 1.29 is 27.1 Å². The minimum absolute atomic E-state index is 0.0149. The second kappa shape index (κ2) is 9.35. The monoisotopic (exact) mass is 463 g/mol. The lowest BCUT2D eigenvalue weighted by molar-refractivity contribution is -0.116. The molecule has 11 heteroatoms.